The van der Waals surface area contributed by atoms with Gasteiger partial charge >= 0.3 is 0 Å². The third kappa shape index (κ3) is 3.30. The van der Waals surface area contributed by atoms with Crippen LogP contribution in [0.1, 0.15) is 22.5 Å². The molecule has 0 aliphatic carbocycles. The molecule has 116 valence electrons. The Bertz CT molecular complexity index is 708. The van der Waals surface area contributed by atoms with Crippen molar-refractivity contribution >= 4 is 17.3 Å². The zero-order valence-corrected chi connectivity index (χ0v) is 11.2. The molecular weight excluding hydrogens is 304 g/mol. The van der Waals surface area contributed by atoms with Crippen LogP contribution in [0, 0.1) is 11.6 Å². The molecular formula is C13H10F4N4O. The predicted molar refractivity (Wildman–Crippen MR) is 70.8 cm³/mol. The molecule has 2 aromatic rings. The van der Waals surface area contributed by atoms with Crippen LogP contribution in [-0.4, -0.2) is 23.2 Å². The molecule has 2 rings (SSSR count). The van der Waals surface area contributed by atoms with E-state index in [1.807, 2.05) is 0 Å². The predicted octanol–water partition coefficient (Wildman–Crippen LogP) is 2.99. The Hall–Kier alpha value is -2.71. The Kier molecular flexibility index (Phi) is 4.54. The molecule has 9 heteroatoms. The van der Waals surface area contributed by atoms with Crippen LogP contribution in [-0.2, 0) is 0 Å². The van der Waals surface area contributed by atoms with Crippen LogP contribution < -0.4 is 10.6 Å². The van der Waals surface area contributed by atoms with Gasteiger partial charge in [-0.15, -0.1) is 5.10 Å². The lowest BCUT2D eigenvalue weighted by Gasteiger charge is -2.11. The Morgan fingerprint density at radius 1 is 1.14 bits per heavy atom. The van der Waals surface area contributed by atoms with E-state index in [-0.39, 0.29) is 16.9 Å². The second-order valence-corrected chi connectivity index (χ2v) is 4.19. The van der Waals surface area contributed by atoms with Crippen molar-refractivity contribution in [2.24, 2.45) is 0 Å². The summed E-state index contributed by atoms with van der Waals surface area (Å²) in [7, 11) is 1.45. The summed E-state index contributed by atoms with van der Waals surface area (Å²) in [6, 6.07) is 2.51. The van der Waals surface area contributed by atoms with Gasteiger partial charge in [0.25, 0.3) is 12.3 Å². The molecule has 1 aromatic heterocycles. The molecule has 0 saturated carbocycles. The van der Waals surface area contributed by atoms with Crippen molar-refractivity contribution in [3.63, 3.8) is 0 Å². The van der Waals surface area contributed by atoms with E-state index < -0.39 is 29.7 Å². The van der Waals surface area contributed by atoms with Crippen LogP contribution in [0.25, 0.3) is 0 Å². The van der Waals surface area contributed by atoms with Crippen LogP contribution in [0.3, 0.4) is 0 Å². The Morgan fingerprint density at radius 3 is 2.36 bits per heavy atom. The normalized spacial score (nSPS) is 10.6. The van der Waals surface area contributed by atoms with E-state index in [1.165, 1.54) is 7.05 Å². The number of carbonyl (C=O) groups is 1. The van der Waals surface area contributed by atoms with Crippen molar-refractivity contribution in [2.45, 2.75) is 6.43 Å². The minimum Gasteiger partial charge on any atom is -0.386 e. The van der Waals surface area contributed by atoms with Crippen molar-refractivity contribution in [1.29, 1.82) is 0 Å². The van der Waals surface area contributed by atoms with E-state index in [2.05, 4.69) is 20.8 Å². The topological polar surface area (TPSA) is 66.9 Å². The number of aromatic nitrogens is 2. The first kappa shape index (κ1) is 15.7. The summed E-state index contributed by atoms with van der Waals surface area (Å²) < 4.78 is 51.4. The Morgan fingerprint density at radius 2 is 1.77 bits per heavy atom. The summed E-state index contributed by atoms with van der Waals surface area (Å²) in [5, 5.41) is 11.4. The maximum absolute atomic E-state index is 13.2. The monoisotopic (exact) mass is 314 g/mol. The van der Waals surface area contributed by atoms with Gasteiger partial charge in [-0.3, -0.25) is 4.79 Å². The number of halogens is 4. The molecule has 0 saturated heterocycles. The summed E-state index contributed by atoms with van der Waals surface area (Å²) in [5.74, 6) is -3.05. The molecule has 2 N–H and O–H groups in total. The van der Waals surface area contributed by atoms with Gasteiger partial charge in [-0.2, -0.15) is 5.10 Å². The summed E-state index contributed by atoms with van der Waals surface area (Å²) in [4.78, 5) is 12.0. The SMILES string of the molecule is CNc1cc(F)c(F)cc1NC(=O)c1cnnc(C(F)F)c1. The second kappa shape index (κ2) is 6.37. The fourth-order valence-electron chi connectivity index (χ4n) is 1.67. The molecule has 1 amide bonds. The number of anilines is 2. The van der Waals surface area contributed by atoms with Crippen molar-refractivity contribution < 1.29 is 22.4 Å². The molecule has 22 heavy (non-hydrogen) atoms. The van der Waals surface area contributed by atoms with Gasteiger partial charge in [-0.1, -0.05) is 0 Å². The standard InChI is InChI=1S/C13H10F4N4O/c1-18-9-3-7(14)8(15)4-10(9)20-13(22)6-2-11(12(16)17)21-19-5-6/h2-5,12,18H,1H3,(H,20,22). The molecule has 0 bridgehead atoms. The average Bonchev–Trinajstić information content (AvgIpc) is 2.50. The minimum atomic E-state index is -2.88. The first-order valence-corrected chi connectivity index (χ1v) is 6.01. The zero-order valence-electron chi connectivity index (χ0n) is 11.2. The Balaban J connectivity index is 2.29. The first-order chi connectivity index (χ1) is 10.4. The lowest BCUT2D eigenvalue weighted by atomic mass is 10.2. The summed E-state index contributed by atoms with van der Waals surface area (Å²) in [6.07, 6.45) is -1.89. The largest absolute Gasteiger partial charge is 0.386 e. The van der Waals surface area contributed by atoms with E-state index in [0.29, 0.717) is 0 Å². The van der Waals surface area contributed by atoms with Crippen LogP contribution >= 0.6 is 0 Å². The van der Waals surface area contributed by atoms with Gasteiger partial charge in [0.2, 0.25) is 0 Å². The molecule has 5 nitrogen and oxygen atoms in total. The number of carbonyl (C=O) groups excluding carboxylic acids is 1. The number of hydrogen-bond acceptors (Lipinski definition) is 4. The second-order valence-electron chi connectivity index (χ2n) is 4.19. The minimum absolute atomic E-state index is 0.0400. The molecule has 0 aliphatic heterocycles. The van der Waals surface area contributed by atoms with E-state index in [4.69, 9.17) is 0 Å². The number of hydrogen-bond donors (Lipinski definition) is 2. The summed E-state index contributed by atoms with van der Waals surface area (Å²) in [6.45, 7) is 0. The fraction of sp³-hybridized carbons (Fsp3) is 0.154. The number of rotatable bonds is 4. The van der Waals surface area contributed by atoms with E-state index in [0.717, 1.165) is 24.4 Å². The molecule has 0 fully saturated rings. The zero-order chi connectivity index (χ0) is 16.3. The highest BCUT2D eigenvalue weighted by Gasteiger charge is 2.16. The van der Waals surface area contributed by atoms with Gasteiger partial charge in [0, 0.05) is 19.2 Å². The summed E-state index contributed by atoms with van der Waals surface area (Å²) in [5.41, 5.74) is -0.756. The van der Waals surface area contributed by atoms with Crippen molar-refractivity contribution in [2.75, 3.05) is 17.7 Å². The number of alkyl halides is 2. The van der Waals surface area contributed by atoms with Gasteiger partial charge in [0.15, 0.2) is 11.6 Å². The molecule has 1 heterocycles. The molecule has 0 atom stereocenters. The third-order valence-electron chi connectivity index (χ3n) is 2.74. The first-order valence-electron chi connectivity index (χ1n) is 6.01. The van der Waals surface area contributed by atoms with Gasteiger partial charge < -0.3 is 10.6 Å². The van der Waals surface area contributed by atoms with Crippen molar-refractivity contribution in [1.82, 2.24) is 10.2 Å². The highest BCUT2D eigenvalue weighted by Crippen LogP contribution is 2.25. The third-order valence-corrected chi connectivity index (χ3v) is 2.74. The van der Waals surface area contributed by atoms with E-state index in [1.54, 1.807) is 0 Å². The van der Waals surface area contributed by atoms with Crippen LogP contribution in [0.2, 0.25) is 0 Å². The maximum Gasteiger partial charge on any atom is 0.282 e. The van der Waals surface area contributed by atoms with Crippen LogP contribution in [0.4, 0.5) is 28.9 Å². The fourth-order valence-corrected chi connectivity index (χ4v) is 1.67. The number of nitrogens with zero attached hydrogens (tertiary/aromatic N) is 2. The highest BCUT2D eigenvalue weighted by molar-refractivity contribution is 6.05. The molecule has 0 aliphatic rings. The highest BCUT2D eigenvalue weighted by atomic mass is 19.3. The van der Waals surface area contributed by atoms with Crippen molar-refractivity contribution in [3.05, 3.63) is 47.3 Å². The molecule has 0 radical (unpaired) electrons. The van der Waals surface area contributed by atoms with Crippen molar-refractivity contribution in [3.8, 4) is 0 Å². The van der Waals surface area contributed by atoms with Crippen LogP contribution in [0.5, 0.6) is 0 Å². The number of benzene rings is 1. The van der Waals surface area contributed by atoms with Gasteiger partial charge in [-0.05, 0) is 6.07 Å². The van der Waals surface area contributed by atoms with Gasteiger partial charge in [-0.25, -0.2) is 17.6 Å². The van der Waals surface area contributed by atoms with E-state index >= 15 is 0 Å². The number of amides is 1. The smallest absolute Gasteiger partial charge is 0.282 e. The van der Waals surface area contributed by atoms with Gasteiger partial charge in [0.1, 0.15) is 5.69 Å². The van der Waals surface area contributed by atoms with Gasteiger partial charge in [0.05, 0.1) is 23.1 Å². The summed E-state index contributed by atoms with van der Waals surface area (Å²) >= 11 is 0. The quantitative estimate of drug-likeness (QED) is 0.852. The average molecular weight is 314 g/mol. The van der Waals surface area contributed by atoms with Crippen LogP contribution in [0.15, 0.2) is 24.4 Å². The molecule has 0 unspecified atom stereocenters. The Labute approximate surface area is 122 Å². The lowest BCUT2D eigenvalue weighted by Crippen LogP contribution is -2.15. The number of nitrogens with one attached hydrogen (secondary N) is 2. The molecule has 0 spiro atoms. The maximum atomic E-state index is 13.2. The van der Waals surface area contributed by atoms with E-state index in [9.17, 15) is 22.4 Å². The lowest BCUT2D eigenvalue weighted by molar-refractivity contribution is 0.102. The molecule has 1 aromatic carbocycles.